The topological polar surface area (TPSA) is 96.8 Å². The van der Waals surface area contributed by atoms with E-state index in [0.29, 0.717) is 30.6 Å². The number of nitrogens with one attached hydrogen (secondary N) is 1. The molecule has 1 aliphatic carbocycles. The summed E-state index contributed by atoms with van der Waals surface area (Å²) in [7, 11) is 0. The number of carbonyl (C=O) groups is 3. The zero-order chi connectivity index (χ0) is 23.2. The fraction of sp³-hybridized carbons (Fsp3) is 0.520. The maximum atomic E-state index is 12.9. The quantitative estimate of drug-likeness (QED) is 0.681. The van der Waals surface area contributed by atoms with Crippen LogP contribution in [0, 0.1) is 0 Å². The summed E-state index contributed by atoms with van der Waals surface area (Å²) in [6.45, 7) is 2.39. The van der Waals surface area contributed by atoms with Crippen LogP contribution in [0.3, 0.4) is 0 Å². The minimum Gasteiger partial charge on any atom is -0.489 e. The van der Waals surface area contributed by atoms with Crippen molar-refractivity contribution in [3.8, 4) is 5.75 Å². The third-order valence-corrected chi connectivity index (χ3v) is 7.76. The highest BCUT2D eigenvalue weighted by Gasteiger charge is 2.41. The smallest absolute Gasteiger partial charge is 0.255 e. The molecule has 0 bridgehead atoms. The van der Waals surface area contributed by atoms with Crippen molar-refractivity contribution in [2.24, 2.45) is 0 Å². The number of likely N-dealkylation sites (tertiary alicyclic amines) is 1. The van der Waals surface area contributed by atoms with Crippen LogP contribution in [0.4, 0.5) is 0 Å². The predicted octanol–water partition coefficient (Wildman–Crippen LogP) is 1.89. The van der Waals surface area contributed by atoms with E-state index in [9.17, 15) is 14.4 Å². The summed E-state index contributed by atoms with van der Waals surface area (Å²) in [6.07, 6.45) is 11.0. The Morgan fingerprint density at radius 3 is 2.71 bits per heavy atom. The monoisotopic (exact) mass is 463 g/mol. The summed E-state index contributed by atoms with van der Waals surface area (Å²) in [5.74, 6) is -0.0397. The van der Waals surface area contributed by atoms with Gasteiger partial charge in [-0.1, -0.05) is 6.42 Å². The fourth-order valence-electron chi connectivity index (χ4n) is 5.86. The summed E-state index contributed by atoms with van der Waals surface area (Å²) in [5.41, 5.74) is 1.49. The maximum absolute atomic E-state index is 12.9. The summed E-state index contributed by atoms with van der Waals surface area (Å²) >= 11 is 0. The standard InChI is InChI=1S/C25H29N5O4/c31-23-8-7-21(24(32)27-23)30-12-16-11-18(5-6-19(16)25(30)33)34-22-4-2-1-3-20(22)29-13-17(14-29)28-10-9-26-15-28/h5-6,9-11,15,17,20-22H,1-4,7-8,12-14H2,(H,27,31,32)/t20-,21?,22-/m0/s1. The van der Waals surface area contributed by atoms with E-state index in [2.05, 4.69) is 19.8 Å². The molecule has 6 rings (SSSR count). The number of carbonyl (C=O) groups excluding carboxylic acids is 3. The summed E-state index contributed by atoms with van der Waals surface area (Å²) < 4.78 is 8.69. The molecule has 3 amide bonds. The number of rotatable bonds is 5. The number of amides is 3. The van der Waals surface area contributed by atoms with Gasteiger partial charge in [0.25, 0.3) is 5.91 Å². The Balaban J connectivity index is 1.13. The lowest BCUT2D eigenvalue weighted by atomic mass is 9.88. The van der Waals surface area contributed by atoms with Crippen LogP contribution in [0.2, 0.25) is 0 Å². The molecule has 1 unspecified atom stereocenters. The van der Waals surface area contributed by atoms with E-state index in [1.807, 2.05) is 36.9 Å². The summed E-state index contributed by atoms with van der Waals surface area (Å²) in [6, 6.07) is 5.92. The van der Waals surface area contributed by atoms with E-state index in [1.165, 1.54) is 6.42 Å². The molecule has 3 aliphatic heterocycles. The molecule has 3 atom stereocenters. The summed E-state index contributed by atoms with van der Waals surface area (Å²) in [5, 5.41) is 2.35. The second-order valence-corrected chi connectivity index (χ2v) is 9.84. The molecule has 0 radical (unpaired) electrons. The molecular weight excluding hydrogens is 434 g/mol. The lowest BCUT2D eigenvalue weighted by molar-refractivity contribution is -0.136. The van der Waals surface area contributed by atoms with E-state index in [0.717, 1.165) is 43.7 Å². The molecule has 2 aromatic rings. The highest BCUT2D eigenvalue weighted by molar-refractivity contribution is 6.05. The van der Waals surface area contributed by atoms with Gasteiger partial charge in [0, 0.05) is 50.1 Å². The number of imide groups is 1. The van der Waals surface area contributed by atoms with Crippen molar-refractivity contribution in [1.29, 1.82) is 0 Å². The molecule has 9 heteroatoms. The van der Waals surface area contributed by atoms with Crippen molar-refractivity contribution in [1.82, 2.24) is 24.7 Å². The SMILES string of the molecule is O=C1CCC(N2Cc3cc(O[C@H]4CCCC[C@@H]4N4CC(n5ccnc5)C4)ccc3C2=O)C(=O)N1. The first-order chi connectivity index (χ1) is 16.6. The molecule has 0 spiro atoms. The van der Waals surface area contributed by atoms with Crippen LogP contribution >= 0.6 is 0 Å². The molecule has 1 aromatic carbocycles. The normalized spacial score (nSPS) is 27.9. The first kappa shape index (κ1) is 21.3. The van der Waals surface area contributed by atoms with Crippen LogP contribution in [0.5, 0.6) is 5.75 Å². The van der Waals surface area contributed by atoms with Crippen LogP contribution in [-0.4, -0.2) is 68.3 Å². The number of benzene rings is 1. The number of fused-ring (bicyclic) bond motifs is 1. The van der Waals surface area contributed by atoms with Crippen molar-refractivity contribution in [3.63, 3.8) is 0 Å². The molecule has 4 heterocycles. The molecule has 178 valence electrons. The van der Waals surface area contributed by atoms with E-state index in [1.54, 1.807) is 4.90 Å². The van der Waals surface area contributed by atoms with Crippen LogP contribution in [-0.2, 0) is 16.1 Å². The lowest BCUT2D eigenvalue weighted by Gasteiger charge is -2.48. The molecule has 1 aromatic heterocycles. The van der Waals surface area contributed by atoms with Gasteiger partial charge in [-0.3, -0.25) is 24.6 Å². The number of hydrogen-bond donors (Lipinski definition) is 1. The van der Waals surface area contributed by atoms with Gasteiger partial charge in [0.2, 0.25) is 11.8 Å². The van der Waals surface area contributed by atoms with E-state index in [-0.39, 0.29) is 30.2 Å². The van der Waals surface area contributed by atoms with Gasteiger partial charge in [-0.15, -0.1) is 0 Å². The Hall–Kier alpha value is -3.20. The third-order valence-electron chi connectivity index (χ3n) is 7.76. The number of hydrogen-bond acceptors (Lipinski definition) is 6. The van der Waals surface area contributed by atoms with Gasteiger partial charge in [0.15, 0.2) is 0 Å². The molecule has 4 aliphatic rings. The van der Waals surface area contributed by atoms with Gasteiger partial charge < -0.3 is 14.2 Å². The second-order valence-electron chi connectivity index (χ2n) is 9.84. The molecule has 2 saturated heterocycles. The Bertz CT molecular complexity index is 1110. The van der Waals surface area contributed by atoms with Gasteiger partial charge in [-0.2, -0.15) is 0 Å². The zero-order valence-electron chi connectivity index (χ0n) is 19.1. The Kier molecular flexibility index (Phi) is 5.36. The molecule has 9 nitrogen and oxygen atoms in total. The summed E-state index contributed by atoms with van der Waals surface area (Å²) in [4.78, 5) is 45.0. The lowest BCUT2D eigenvalue weighted by Crippen LogP contribution is -2.58. The minimum absolute atomic E-state index is 0.124. The van der Waals surface area contributed by atoms with Crippen LogP contribution in [0.1, 0.15) is 60.5 Å². The molecule has 3 fully saturated rings. The first-order valence-corrected chi connectivity index (χ1v) is 12.2. The minimum atomic E-state index is -0.598. The zero-order valence-corrected chi connectivity index (χ0v) is 19.1. The van der Waals surface area contributed by atoms with E-state index < -0.39 is 6.04 Å². The first-order valence-electron chi connectivity index (χ1n) is 12.2. The van der Waals surface area contributed by atoms with Crippen LogP contribution in [0.25, 0.3) is 0 Å². The number of nitrogens with zero attached hydrogens (tertiary/aromatic N) is 4. The van der Waals surface area contributed by atoms with Gasteiger partial charge in [0.1, 0.15) is 17.9 Å². The Morgan fingerprint density at radius 2 is 1.91 bits per heavy atom. The Labute approximate surface area is 198 Å². The molecule has 1 N–H and O–H groups in total. The average molecular weight is 464 g/mol. The van der Waals surface area contributed by atoms with Crippen molar-refractivity contribution in [3.05, 3.63) is 48.0 Å². The predicted molar refractivity (Wildman–Crippen MR) is 122 cm³/mol. The Morgan fingerprint density at radius 1 is 1.06 bits per heavy atom. The number of piperidine rings is 1. The number of imidazole rings is 1. The largest absolute Gasteiger partial charge is 0.489 e. The van der Waals surface area contributed by atoms with Crippen molar-refractivity contribution >= 4 is 17.7 Å². The fourth-order valence-corrected chi connectivity index (χ4v) is 5.86. The molecular formula is C25H29N5O4. The van der Waals surface area contributed by atoms with Crippen LogP contribution in [0.15, 0.2) is 36.9 Å². The highest BCUT2D eigenvalue weighted by Crippen LogP contribution is 2.35. The average Bonchev–Trinajstić information content (AvgIpc) is 3.42. The van der Waals surface area contributed by atoms with E-state index >= 15 is 0 Å². The third kappa shape index (κ3) is 3.77. The maximum Gasteiger partial charge on any atom is 0.255 e. The van der Waals surface area contributed by atoms with E-state index in [4.69, 9.17) is 4.74 Å². The molecule has 1 saturated carbocycles. The van der Waals surface area contributed by atoms with Crippen molar-refractivity contribution in [2.75, 3.05) is 13.1 Å². The second kappa shape index (κ2) is 8.54. The van der Waals surface area contributed by atoms with Crippen LogP contribution < -0.4 is 10.1 Å². The van der Waals surface area contributed by atoms with Crippen molar-refractivity contribution < 1.29 is 19.1 Å². The molecule has 34 heavy (non-hydrogen) atoms. The number of ether oxygens (including phenoxy) is 1. The van der Waals surface area contributed by atoms with Gasteiger partial charge in [-0.05, 0) is 49.4 Å². The highest BCUT2D eigenvalue weighted by atomic mass is 16.5. The van der Waals surface area contributed by atoms with Gasteiger partial charge in [-0.25, -0.2) is 4.98 Å². The number of aromatic nitrogens is 2. The van der Waals surface area contributed by atoms with Gasteiger partial charge >= 0.3 is 0 Å². The van der Waals surface area contributed by atoms with Crippen molar-refractivity contribution in [2.45, 2.75) is 69.3 Å². The van der Waals surface area contributed by atoms with Gasteiger partial charge in [0.05, 0.1) is 12.4 Å².